The standard InChI is InChI=1S/C26H29N3O4S2/c30-24(18-9-12-29(13-10-18)25(31)19-5-2-1-3-6-19)27-20-7-8-21-22(17-20)35-26(28-21)34-16-11-23-32-14-4-15-33-23/h1-3,5-8,17-18,23H,4,9-16H2,(H,27,30). The first kappa shape index (κ1) is 24.2. The number of ether oxygens (including phenoxy) is 2. The topological polar surface area (TPSA) is 80.8 Å². The van der Waals surface area contributed by atoms with Crippen molar-refractivity contribution >= 4 is 50.8 Å². The quantitative estimate of drug-likeness (QED) is 0.448. The maximum absolute atomic E-state index is 12.9. The Balaban J connectivity index is 1.12. The molecule has 3 heterocycles. The lowest BCUT2D eigenvalue weighted by molar-refractivity contribution is -0.178. The molecule has 184 valence electrons. The zero-order valence-corrected chi connectivity index (χ0v) is 21.1. The SMILES string of the molecule is O=C(Nc1ccc2nc(SCCC3OCCCO3)sc2c1)C1CCN(C(=O)c2ccccc2)CC1. The zero-order chi connectivity index (χ0) is 24.0. The molecule has 1 aromatic heterocycles. The van der Waals surface area contributed by atoms with Crippen LogP contribution in [0, 0.1) is 5.92 Å². The van der Waals surface area contributed by atoms with Crippen LogP contribution in [0.1, 0.15) is 36.0 Å². The van der Waals surface area contributed by atoms with Gasteiger partial charge in [-0.1, -0.05) is 30.0 Å². The van der Waals surface area contributed by atoms with E-state index in [4.69, 9.17) is 14.5 Å². The first-order chi connectivity index (χ1) is 17.2. The number of aromatic nitrogens is 1. The van der Waals surface area contributed by atoms with Crippen molar-refractivity contribution in [3.63, 3.8) is 0 Å². The number of thiazole rings is 1. The number of carbonyl (C=O) groups excluding carboxylic acids is 2. The number of piperidine rings is 1. The lowest BCUT2D eigenvalue weighted by Crippen LogP contribution is -2.41. The molecule has 0 unspecified atom stereocenters. The van der Waals surface area contributed by atoms with E-state index in [0.717, 1.165) is 52.1 Å². The number of hydrogen-bond acceptors (Lipinski definition) is 7. The molecule has 2 aliphatic rings. The maximum Gasteiger partial charge on any atom is 0.253 e. The molecule has 0 spiro atoms. The number of fused-ring (bicyclic) bond motifs is 1. The second-order valence-corrected chi connectivity index (χ2v) is 11.1. The molecular formula is C26H29N3O4S2. The third-order valence-corrected chi connectivity index (χ3v) is 8.48. The summed E-state index contributed by atoms with van der Waals surface area (Å²) in [6.45, 7) is 2.74. The average molecular weight is 512 g/mol. The molecule has 7 nitrogen and oxygen atoms in total. The number of nitrogens with zero attached hydrogens (tertiary/aromatic N) is 2. The van der Waals surface area contributed by atoms with Gasteiger partial charge < -0.3 is 19.7 Å². The molecule has 2 fully saturated rings. The lowest BCUT2D eigenvalue weighted by atomic mass is 9.95. The molecule has 2 saturated heterocycles. The fraction of sp³-hybridized carbons (Fsp3) is 0.423. The minimum Gasteiger partial charge on any atom is -0.353 e. The summed E-state index contributed by atoms with van der Waals surface area (Å²) in [6.07, 6.45) is 3.05. The van der Waals surface area contributed by atoms with Gasteiger partial charge in [-0.3, -0.25) is 9.59 Å². The highest BCUT2D eigenvalue weighted by Crippen LogP contribution is 2.32. The van der Waals surface area contributed by atoms with E-state index in [0.29, 0.717) is 31.5 Å². The Morgan fingerprint density at radius 3 is 2.63 bits per heavy atom. The molecular weight excluding hydrogens is 482 g/mol. The molecule has 3 aromatic rings. The minimum absolute atomic E-state index is 0.0164. The molecule has 2 amide bonds. The molecule has 2 aliphatic heterocycles. The number of anilines is 1. The monoisotopic (exact) mass is 511 g/mol. The van der Waals surface area contributed by atoms with Gasteiger partial charge in [-0.05, 0) is 49.6 Å². The van der Waals surface area contributed by atoms with Crippen LogP contribution in [-0.2, 0) is 14.3 Å². The predicted octanol–water partition coefficient (Wildman–Crippen LogP) is 5.03. The molecule has 0 saturated carbocycles. The molecule has 0 radical (unpaired) electrons. The summed E-state index contributed by atoms with van der Waals surface area (Å²) < 4.78 is 13.3. The second kappa shape index (κ2) is 11.5. The van der Waals surface area contributed by atoms with Gasteiger partial charge in [0, 0.05) is 42.4 Å². The summed E-state index contributed by atoms with van der Waals surface area (Å²) in [7, 11) is 0. The molecule has 1 N–H and O–H groups in total. The van der Waals surface area contributed by atoms with Gasteiger partial charge in [-0.25, -0.2) is 4.98 Å². The Morgan fingerprint density at radius 1 is 1.09 bits per heavy atom. The predicted molar refractivity (Wildman–Crippen MR) is 139 cm³/mol. The minimum atomic E-state index is -0.101. The number of carbonyl (C=O) groups is 2. The number of thioether (sulfide) groups is 1. The Hall–Kier alpha value is -2.46. The molecule has 5 rings (SSSR count). The average Bonchev–Trinajstić information content (AvgIpc) is 3.31. The summed E-state index contributed by atoms with van der Waals surface area (Å²) >= 11 is 3.35. The zero-order valence-electron chi connectivity index (χ0n) is 19.5. The number of nitrogens with one attached hydrogen (secondary N) is 1. The Morgan fingerprint density at radius 2 is 1.86 bits per heavy atom. The van der Waals surface area contributed by atoms with Crippen LogP contribution in [0.3, 0.4) is 0 Å². The van der Waals surface area contributed by atoms with Crippen LogP contribution in [0.4, 0.5) is 5.69 Å². The number of amides is 2. The third-order valence-electron chi connectivity index (χ3n) is 6.29. The normalized spacial score (nSPS) is 17.5. The van der Waals surface area contributed by atoms with E-state index < -0.39 is 0 Å². The first-order valence-electron chi connectivity index (χ1n) is 12.1. The fourth-order valence-corrected chi connectivity index (χ4v) is 6.48. The van der Waals surface area contributed by atoms with Crippen LogP contribution < -0.4 is 5.32 Å². The fourth-order valence-electron chi connectivity index (χ4n) is 4.34. The summed E-state index contributed by atoms with van der Waals surface area (Å²) in [5.74, 6) is 0.845. The van der Waals surface area contributed by atoms with E-state index in [1.807, 2.05) is 53.4 Å². The van der Waals surface area contributed by atoms with E-state index >= 15 is 0 Å². The molecule has 2 aromatic carbocycles. The highest BCUT2D eigenvalue weighted by atomic mass is 32.2. The highest BCUT2D eigenvalue weighted by molar-refractivity contribution is 8.01. The van der Waals surface area contributed by atoms with Gasteiger partial charge in [-0.15, -0.1) is 11.3 Å². The largest absolute Gasteiger partial charge is 0.353 e. The van der Waals surface area contributed by atoms with Crippen molar-refractivity contribution in [2.45, 2.75) is 36.3 Å². The summed E-state index contributed by atoms with van der Waals surface area (Å²) in [5, 5.41) is 3.07. The number of benzene rings is 2. The maximum atomic E-state index is 12.9. The van der Waals surface area contributed by atoms with Crippen molar-refractivity contribution in [3.05, 3.63) is 54.1 Å². The second-order valence-electron chi connectivity index (χ2n) is 8.75. The summed E-state index contributed by atoms with van der Waals surface area (Å²) in [6, 6.07) is 15.2. The van der Waals surface area contributed by atoms with Crippen LogP contribution in [0.2, 0.25) is 0 Å². The molecule has 0 aliphatic carbocycles. The van der Waals surface area contributed by atoms with Gasteiger partial charge in [0.25, 0.3) is 5.91 Å². The number of rotatable bonds is 7. The van der Waals surface area contributed by atoms with Gasteiger partial charge in [0.1, 0.15) is 0 Å². The van der Waals surface area contributed by atoms with E-state index in [9.17, 15) is 9.59 Å². The van der Waals surface area contributed by atoms with Crippen molar-refractivity contribution in [2.24, 2.45) is 5.92 Å². The molecule has 0 bridgehead atoms. The number of hydrogen-bond donors (Lipinski definition) is 1. The van der Waals surface area contributed by atoms with Crippen LogP contribution in [0.25, 0.3) is 10.2 Å². The van der Waals surface area contributed by atoms with Crippen LogP contribution >= 0.6 is 23.1 Å². The number of likely N-dealkylation sites (tertiary alicyclic amines) is 1. The van der Waals surface area contributed by atoms with Crippen molar-refractivity contribution < 1.29 is 19.1 Å². The Bertz CT molecular complexity index is 1160. The molecule has 35 heavy (non-hydrogen) atoms. The van der Waals surface area contributed by atoms with Crippen molar-refractivity contribution in [2.75, 3.05) is 37.4 Å². The molecule has 9 heteroatoms. The first-order valence-corrected chi connectivity index (χ1v) is 13.9. The van der Waals surface area contributed by atoms with Crippen LogP contribution in [-0.4, -0.2) is 60.0 Å². The lowest BCUT2D eigenvalue weighted by Gasteiger charge is -2.31. The summed E-state index contributed by atoms with van der Waals surface area (Å²) in [5.41, 5.74) is 2.42. The van der Waals surface area contributed by atoms with E-state index in [1.54, 1.807) is 23.1 Å². The van der Waals surface area contributed by atoms with Crippen molar-refractivity contribution in [1.82, 2.24) is 9.88 Å². The van der Waals surface area contributed by atoms with Gasteiger partial charge in [0.2, 0.25) is 5.91 Å². The van der Waals surface area contributed by atoms with Crippen molar-refractivity contribution in [3.8, 4) is 0 Å². The summed E-state index contributed by atoms with van der Waals surface area (Å²) in [4.78, 5) is 32.1. The van der Waals surface area contributed by atoms with E-state index in [2.05, 4.69) is 5.32 Å². The Labute approximate surface area is 213 Å². The highest BCUT2D eigenvalue weighted by Gasteiger charge is 2.28. The van der Waals surface area contributed by atoms with Gasteiger partial charge in [-0.2, -0.15) is 0 Å². The van der Waals surface area contributed by atoms with Crippen molar-refractivity contribution in [1.29, 1.82) is 0 Å². The van der Waals surface area contributed by atoms with Gasteiger partial charge >= 0.3 is 0 Å². The van der Waals surface area contributed by atoms with Gasteiger partial charge in [0.15, 0.2) is 10.6 Å². The molecule has 0 atom stereocenters. The van der Waals surface area contributed by atoms with Crippen LogP contribution in [0.15, 0.2) is 52.9 Å². The van der Waals surface area contributed by atoms with Gasteiger partial charge in [0.05, 0.1) is 23.4 Å². The van der Waals surface area contributed by atoms with Crippen LogP contribution in [0.5, 0.6) is 0 Å². The van der Waals surface area contributed by atoms with E-state index in [1.165, 1.54) is 0 Å². The smallest absolute Gasteiger partial charge is 0.253 e. The Kier molecular flexibility index (Phi) is 7.98. The van der Waals surface area contributed by atoms with E-state index in [-0.39, 0.29) is 24.0 Å². The third kappa shape index (κ3) is 6.22.